The van der Waals surface area contributed by atoms with Gasteiger partial charge in [-0.3, -0.25) is 14.4 Å². The third-order valence-corrected chi connectivity index (χ3v) is 14.4. The zero-order chi connectivity index (χ0) is 55.7. The average Bonchev–Trinajstić information content (AvgIpc) is 3.43. The van der Waals surface area contributed by atoms with E-state index < -0.39 is 6.10 Å². The summed E-state index contributed by atoms with van der Waals surface area (Å²) in [6, 6.07) is 0. The van der Waals surface area contributed by atoms with Gasteiger partial charge in [-0.25, -0.2) is 0 Å². The molecule has 0 aliphatic heterocycles. The van der Waals surface area contributed by atoms with Crippen molar-refractivity contribution in [2.75, 3.05) is 13.2 Å². The van der Waals surface area contributed by atoms with Crippen LogP contribution in [-0.2, 0) is 28.6 Å². The van der Waals surface area contributed by atoms with Gasteiger partial charge in [0, 0.05) is 19.3 Å². The monoisotopic (exact) mass is 1070 g/mol. The highest BCUT2D eigenvalue weighted by Crippen LogP contribution is 2.17. The summed E-state index contributed by atoms with van der Waals surface area (Å²) in [5, 5.41) is 0. The minimum Gasteiger partial charge on any atom is -0.462 e. The number of carbonyl (C=O) groups is 3. The third kappa shape index (κ3) is 63.3. The van der Waals surface area contributed by atoms with Gasteiger partial charge < -0.3 is 14.2 Å². The highest BCUT2D eigenvalue weighted by Gasteiger charge is 2.19. The van der Waals surface area contributed by atoms with Crippen LogP contribution in [0.3, 0.4) is 0 Å². The largest absolute Gasteiger partial charge is 0.462 e. The van der Waals surface area contributed by atoms with E-state index >= 15 is 0 Å². The molecule has 0 N–H and O–H groups in total. The van der Waals surface area contributed by atoms with Crippen LogP contribution in [-0.4, -0.2) is 37.2 Å². The van der Waals surface area contributed by atoms with Crippen LogP contribution in [0.2, 0.25) is 0 Å². The van der Waals surface area contributed by atoms with Crippen LogP contribution >= 0.6 is 0 Å². The zero-order valence-electron chi connectivity index (χ0n) is 51.0. The molecule has 0 aromatic rings. The Hall–Kier alpha value is -3.41. The van der Waals surface area contributed by atoms with E-state index in [2.05, 4.69) is 106 Å². The van der Waals surface area contributed by atoms with Gasteiger partial charge in [0.25, 0.3) is 0 Å². The second-order valence-corrected chi connectivity index (χ2v) is 22.0. The Bertz CT molecular complexity index is 1470. The quantitative estimate of drug-likeness (QED) is 0.0261. The number of unbranched alkanes of at least 4 members (excludes halogenated alkanes) is 35. The fraction of sp³-hybridized carbons (Fsp3) is 0.761. The van der Waals surface area contributed by atoms with Crippen LogP contribution in [0.15, 0.2) is 85.1 Å². The molecule has 0 bridgehead atoms. The summed E-state index contributed by atoms with van der Waals surface area (Å²) >= 11 is 0. The second kappa shape index (κ2) is 65.1. The number of ether oxygens (including phenoxy) is 3. The second-order valence-electron chi connectivity index (χ2n) is 22.0. The smallest absolute Gasteiger partial charge is 0.306 e. The van der Waals surface area contributed by atoms with Crippen LogP contribution in [0.1, 0.15) is 329 Å². The van der Waals surface area contributed by atoms with Crippen molar-refractivity contribution in [3.63, 3.8) is 0 Å². The molecule has 0 aliphatic rings. The summed E-state index contributed by atoms with van der Waals surface area (Å²) in [6.45, 7) is 6.55. The van der Waals surface area contributed by atoms with Crippen molar-refractivity contribution in [2.24, 2.45) is 0 Å². The topological polar surface area (TPSA) is 78.9 Å². The molecule has 444 valence electrons. The van der Waals surface area contributed by atoms with E-state index in [1.165, 1.54) is 186 Å². The average molecular weight is 1070 g/mol. The molecule has 1 unspecified atom stereocenters. The molecule has 77 heavy (non-hydrogen) atoms. The Kier molecular flexibility index (Phi) is 62.2. The number of rotatable bonds is 60. The SMILES string of the molecule is CC/C=C\C/C=C\C/C=C\C/C=C\C/C=C\CCCCCCCCCCCC(=O)OCC(COC(=O)CCCCCCCCCCCCCCC)OC(=O)CCCCCCCCCCC/C=C\C/C=C\CCCCCCC. The van der Waals surface area contributed by atoms with E-state index in [1.54, 1.807) is 0 Å². The van der Waals surface area contributed by atoms with Crippen LogP contribution < -0.4 is 0 Å². The summed E-state index contributed by atoms with van der Waals surface area (Å²) in [4.78, 5) is 38.4. The lowest BCUT2D eigenvalue weighted by Crippen LogP contribution is -2.30. The molecule has 6 nitrogen and oxygen atoms in total. The molecule has 6 heteroatoms. The maximum Gasteiger partial charge on any atom is 0.306 e. The maximum atomic E-state index is 12.9. The van der Waals surface area contributed by atoms with E-state index in [9.17, 15) is 14.4 Å². The van der Waals surface area contributed by atoms with Crippen LogP contribution in [0.25, 0.3) is 0 Å². The Morgan fingerprint density at radius 2 is 0.506 bits per heavy atom. The van der Waals surface area contributed by atoms with Crippen LogP contribution in [0, 0.1) is 0 Å². The minimum absolute atomic E-state index is 0.0768. The number of hydrogen-bond acceptors (Lipinski definition) is 6. The summed E-state index contributed by atoms with van der Waals surface area (Å²) in [5.41, 5.74) is 0. The van der Waals surface area contributed by atoms with Crippen molar-refractivity contribution in [3.8, 4) is 0 Å². The fourth-order valence-corrected chi connectivity index (χ4v) is 9.44. The van der Waals surface area contributed by atoms with Gasteiger partial charge in [0.15, 0.2) is 6.10 Å². The predicted octanol–water partition coefficient (Wildman–Crippen LogP) is 22.7. The highest BCUT2D eigenvalue weighted by atomic mass is 16.6. The van der Waals surface area contributed by atoms with Gasteiger partial charge in [-0.2, -0.15) is 0 Å². The number of allylic oxidation sites excluding steroid dienone is 14. The first-order chi connectivity index (χ1) is 38.0. The van der Waals surface area contributed by atoms with Crippen molar-refractivity contribution in [2.45, 2.75) is 335 Å². The van der Waals surface area contributed by atoms with Gasteiger partial charge in [0.2, 0.25) is 0 Å². The molecular formula is C71H124O6. The Morgan fingerprint density at radius 3 is 0.792 bits per heavy atom. The van der Waals surface area contributed by atoms with Crippen molar-refractivity contribution < 1.29 is 28.6 Å². The molecule has 0 rings (SSSR count). The summed E-state index contributed by atoms with van der Waals surface area (Å²) < 4.78 is 17.0. The molecule has 0 aliphatic carbocycles. The van der Waals surface area contributed by atoms with Gasteiger partial charge in [0.05, 0.1) is 0 Å². The van der Waals surface area contributed by atoms with Gasteiger partial charge >= 0.3 is 17.9 Å². The van der Waals surface area contributed by atoms with Crippen molar-refractivity contribution >= 4 is 17.9 Å². The molecule has 0 aromatic carbocycles. The molecule has 1 atom stereocenters. The van der Waals surface area contributed by atoms with Crippen molar-refractivity contribution in [1.82, 2.24) is 0 Å². The number of hydrogen-bond donors (Lipinski definition) is 0. The van der Waals surface area contributed by atoms with Gasteiger partial charge in [0.1, 0.15) is 13.2 Å². The summed E-state index contributed by atoms with van der Waals surface area (Å²) in [7, 11) is 0. The Balaban J connectivity index is 4.33. The molecule has 0 heterocycles. The van der Waals surface area contributed by atoms with Gasteiger partial charge in [-0.15, -0.1) is 0 Å². The van der Waals surface area contributed by atoms with E-state index in [-0.39, 0.29) is 31.1 Å². The van der Waals surface area contributed by atoms with Gasteiger partial charge in [-0.05, 0) is 96.3 Å². The van der Waals surface area contributed by atoms with Crippen LogP contribution in [0.5, 0.6) is 0 Å². The van der Waals surface area contributed by atoms with E-state index in [1.807, 2.05) is 0 Å². The lowest BCUT2D eigenvalue weighted by atomic mass is 10.0. The first kappa shape index (κ1) is 73.6. The molecule has 0 amide bonds. The van der Waals surface area contributed by atoms with Crippen molar-refractivity contribution in [1.29, 1.82) is 0 Å². The zero-order valence-corrected chi connectivity index (χ0v) is 51.0. The van der Waals surface area contributed by atoms with E-state index in [0.717, 1.165) is 103 Å². The molecule has 0 spiro atoms. The first-order valence-corrected chi connectivity index (χ1v) is 33.1. The maximum absolute atomic E-state index is 12.9. The molecule has 0 radical (unpaired) electrons. The lowest BCUT2D eigenvalue weighted by Gasteiger charge is -2.18. The third-order valence-electron chi connectivity index (χ3n) is 14.4. The number of esters is 3. The molecular weight excluding hydrogens is 949 g/mol. The van der Waals surface area contributed by atoms with Gasteiger partial charge in [-0.1, -0.05) is 298 Å². The molecule has 0 fully saturated rings. The minimum atomic E-state index is -0.781. The lowest BCUT2D eigenvalue weighted by molar-refractivity contribution is -0.167. The van der Waals surface area contributed by atoms with E-state index in [4.69, 9.17) is 14.2 Å². The Morgan fingerprint density at radius 1 is 0.273 bits per heavy atom. The number of carbonyl (C=O) groups excluding carboxylic acids is 3. The molecule has 0 saturated carbocycles. The summed E-state index contributed by atoms with van der Waals surface area (Å²) in [6.07, 6.45) is 85.9. The normalized spacial score (nSPS) is 12.6. The van der Waals surface area contributed by atoms with E-state index in [0.29, 0.717) is 19.3 Å². The van der Waals surface area contributed by atoms with Crippen molar-refractivity contribution in [3.05, 3.63) is 85.1 Å². The predicted molar refractivity (Wildman–Crippen MR) is 334 cm³/mol. The first-order valence-electron chi connectivity index (χ1n) is 33.1. The fourth-order valence-electron chi connectivity index (χ4n) is 9.44. The summed E-state index contributed by atoms with van der Waals surface area (Å²) in [5.74, 6) is -0.872. The highest BCUT2D eigenvalue weighted by molar-refractivity contribution is 5.71. The van der Waals surface area contributed by atoms with Crippen LogP contribution in [0.4, 0.5) is 0 Å². The molecule has 0 aromatic heterocycles. The molecule has 0 saturated heterocycles. The standard InChI is InChI=1S/C71H124O6/c1-4-7-10-13-16-19-22-25-27-29-31-33-34-35-36-38-39-41-43-46-49-52-55-58-61-64-70(73)76-67-68(66-75-69(72)63-60-57-54-51-48-45-24-21-18-15-12-9-6-3)77-71(74)65-62-59-56-53-50-47-44-42-40-37-32-30-28-26-23-20-17-14-11-8-5-2/h7,10,16,19,23,25-27,30-33,35-36,68H,4-6,8-9,11-15,17-18,20-22,24,28-29,34,37-67H2,1-3H3/b10-7-,19-16-,26-23-,27-25-,32-30-,33-31-,36-35-. The Labute approximate surface area is 477 Å².